The van der Waals surface area contributed by atoms with E-state index in [1.54, 1.807) is 6.92 Å². The summed E-state index contributed by atoms with van der Waals surface area (Å²) in [7, 11) is 0. The van der Waals surface area contributed by atoms with E-state index in [1.165, 1.54) is 51.7 Å². The summed E-state index contributed by atoms with van der Waals surface area (Å²) in [6, 6.07) is 0. The van der Waals surface area contributed by atoms with Crippen LogP contribution in [0.25, 0.3) is 0 Å². The molecule has 94 valence electrons. The Bertz CT molecular complexity index is 195. The van der Waals surface area contributed by atoms with E-state index in [0.29, 0.717) is 5.78 Å². The maximum atomic E-state index is 10.7. The van der Waals surface area contributed by atoms with Gasteiger partial charge in [0.15, 0.2) is 0 Å². The van der Waals surface area contributed by atoms with Gasteiger partial charge in [0.2, 0.25) is 0 Å². The van der Waals surface area contributed by atoms with Crippen LogP contribution in [0.5, 0.6) is 0 Å². The Labute approximate surface area is 100 Å². The van der Waals surface area contributed by atoms with Gasteiger partial charge in [0.05, 0.1) is 0 Å². The fourth-order valence-corrected chi connectivity index (χ4v) is 2.35. The smallest absolute Gasteiger partial charge is 0.129 e. The molecule has 1 rings (SSSR count). The Morgan fingerprint density at radius 3 is 2.38 bits per heavy atom. The molecule has 2 heteroatoms. The van der Waals surface area contributed by atoms with Crippen LogP contribution in [0.1, 0.15) is 58.8 Å². The van der Waals surface area contributed by atoms with Gasteiger partial charge < -0.3 is 9.69 Å². The van der Waals surface area contributed by atoms with Crippen LogP contribution >= 0.6 is 0 Å². The molecule has 1 aliphatic rings. The Morgan fingerprint density at radius 1 is 1.12 bits per heavy atom. The quantitative estimate of drug-likeness (QED) is 0.620. The third-order valence-corrected chi connectivity index (χ3v) is 3.63. The maximum Gasteiger partial charge on any atom is 0.129 e. The highest BCUT2D eigenvalue weighted by Crippen LogP contribution is 2.16. The molecule has 0 aromatic carbocycles. The molecular weight excluding hydrogens is 198 g/mol. The highest BCUT2D eigenvalue weighted by Gasteiger charge is 2.14. The zero-order valence-electron chi connectivity index (χ0n) is 11.0. The second-order valence-corrected chi connectivity index (χ2v) is 5.39. The average molecular weight is 225 g/mol. The molecule has 0 N–H and O–H groups in total. The minimum Gasteiger partial charge on any atom is -0.303 e. The van der Waals surface area contributed by atoms with Crippen LogP contribution in [0.4, 0.5) is 0 Å². The normalized spacial score (nSPS) is 18.9. The Morgan fingerprint density at radius 2 is 1.75 bits per heavy atom. The van der Waals surface area contributed by atoms with Crippen molar-refractivity contribution in [3.8, 4) is 0 Å². The fraction of sp³-hybridized carbons (Fsp3) is 0.929. The van der Waals surface area contributed by atoms with E-state index >= 15 is 0 Å². The number of ketones is 1. The number of likely N-dealkylation sites (tertiary alicyclic amines) is 1. The lowest BCUT2D eigenvalue weighted by molar-refractivity contribution is -0.117. The lowest BCUT2D eigenvalue weighted by Crippen LogP contribution is -2.33. The van der Waals surface area contributed by atoms with E-state index in [-0.39, 0.29) is 0 Å². The molecular formula is C14H27NO. The number of hydrogen-bond donors (Lipinski definition) is 0. The zero-order chi connectivity index (χ0) is 11.8. The molecule has 0 atom stereocenters. The van der Waals surface area contributed by atoms with Crippen molar-refractivity contribution in [1.82, 2.24) is 4.90 Å². The molecule has 0 aliphatic carbocycles. The monoisotopic (exact) mass is 225 g/mol. The Balaban J connectivity index is 1.89. The van der Waals surface area contributed by atoms with E-state index in [0.717, 1.165) is 18.8 Å². The number of hydrogen-bond acceptors (Lipinski definition) is 2. The summed E-state index contributed by atoms with van der Waals surface area (Å²) in [4.78, 5) is 13.3. The van der Waals surface area contributed by atoms with Gasteiger partial charge in [0.25, 0.3) is 0 Å². The van der Waals surface area contributed by atoms with Gasteiger partial charge in [-0.15, -0.1) is 0 Å². The van der Waals surface area contributed by atoms with Gasteiger partial charge in [-0.25, -0.2) is 0 Å². The third kappa shape index (κ3) is 6.26. The highest BCUT2D eigenvalue weighted by molar-refractivity contribution is 5.75. The van der Waals surface area contributed by atoms with Crippen LogP contribution in [-0.2, 0) is 4.79 Å². The summed E-state index contributed by atoms with van der Waals surface area (Å²) in [6.07, 6.45) is 8.46. The lowest BCUT2D eigenvalue weighted by Gasteiger charge is -2.30. The van der Waals surface area contributed by atoms with E-state index < -0.39 is 0 Å². The SMILES string of the molecule is CC(=O)CCCCCCN1CCC(C)CC1. The minimum atomic E-state index is 0.338. The zero-order valence-corrected chi connectivity index (χ0v) is 11.0. The van der Waals surface area contributed by atoms with Crippen LogP contribution in [0.2, 0.25) is 0 Å². The van der Waals surface area contributed by atoms with Crippen molar-refractivity contribution >= 4 is 5.78 Å². The highest BCUT2D eigenvalue weighted by atomic mass is 16.1. The predicted octanol–water partition coefficient (Wildman–Crippen LogP) is 3.26. The molecule has 1 saturated heterocycles. The van der Waals surface area contributed by atoms with Crippen molar-refractivity contribution in [2.24, 2.45) is 5.92 Å². The summed E-state index contributed by atoms with van der Waals surface area (Å²) in [5, 5.41) is 0. The molecule has 1 aliphatic heterocycles. The number of Topliss-reactive ketones (excluding diaryl/α,β-unsaturated/α-hetero) is 1. The van der Waals surface area contributed by atoms with Gasteiger partial charge >= 0.3 is 0 Å². The lowest BCUT2D eigenvalue weighted by atomic mass is 9.99. The van der Waals surface area contributed by atoms with E-state index in [2.05, 4.69) is 11.8 Å². The first-order valence-electron chi connectivity index (χ1n) is 6.90. The van der Waals surface area contributed by atoms with Crippen molar-refractivity contribution in [2.45, 2.75) is 58.8 Å². The summed E-state index contributed by atoms with van der Waals surface area (Å²) < 4.78 is 0. The number of nitrogens with zero attached hydrogens (tertiary/aromatic N) is 1. The standard InChI is InChI=1S/C14H27NO/c1-13-8-11-15(12-9-13)10-6-4-3-5-7-14(2)16/h13H,3-12H2,1-2H3. The van der Waals surface area contributed by atoms with Crippen molar-refractivity contribution in [2.75, 3.05) is 19.6 Å². The van der Waals surface area contributed by atoms with E-state index in [1.807, 2.05) is 0 Å². The number of carbonyl (C=O) groups excluding carboxylic acids is 1. The predicted molar refractivity (Wildman–Crippen MR) is 68.6 cm³/mol. The molecule has 0 unspecified atom stereocenters. The topological polar surface area (TPSA) is 20.3 Å². The molecule has 0 radical (unpaired) electrons. The van der Waals surface area contributed by atoms with E-state index in [4.69, 9.17) is 0 Å². The molecule has 2 nitrogen and oxygen atoms in total. The van der Waals surface area contributed by atoms with Gasteiger partial charge in [-0.05, 0) is 58.2 Å². The van der Waals surface area contributed by atoms with Crippen LogP contribution in [0.3, 0.4) is 0 Å². The number of rotatable bonds is 7. The van der Waals surface area contributed by atoms with Gasteiger partial charge in [-0.1, -0.05) is 19.8 Å². The summed E-state index contributed by atoms with van der Waals surface area (Å²) in [5.41, 5.74) is 0. The molecule has 16 heavy (non-hydrogen) atoms. The summed E-state index contributed by atoms with van der Waals surface area (Å²) in [6.45, 7) is 7.92. The molecule has 0 aromatic heterocycles. The van der Waals surface area contributed by atoms with Crippen LogP contribution < -0.4 is 0 Å². The first-order valence-corrected chi connectivity index (χ1v) is 6.90. The first-order chi connectivity index (χ1) is 7.68. The second kappa shape index (κ2) is 7.83. The first kappa shape index (κ1) is 13.7. The molecule has 0 aromatic rings. The van der Waals surface area contributed by atoms with Gasteiger partial charge in [-0.2, -0.15) is 0 Å². The average Bonchev–Trinajstić information content (AvgIpc) is 2.25. The summed E-state index contributed by atoms with van der Waals surface area (Å²) in [5.74, 6) is 1.27. The van der Waals surface area contributed by atoms with Crippen molar-refractivity contribution in [3.05, 3.63) is 0 Å². The molecule has 0 spiro atoms. The van der Waals surface area contributed by atoms with Crippen molar-refractivity contribution in [3.63, 3.8) is 0 Å². The molecule has 0 saturated carbocycles. The van der Waals surface area contributed by atoms with Gasteiger partial charge in [-0.3, -0.25) is 0 Å². The Hall–Kier alpha value is -0.370. The number of piperidine rings is 1. The fourth-order valence-electron chi connectivity index (χ4n) is 2.35. The minimum absolute atomic E-state index is 0.338. The summed E-state index contributed by atoms with van der Waals surface area (Å²) >= 11 is 0. The molecule has 1 heterocycles. The molecule has 0 bridgehead atoms. The van der Waals surface area contributed by atoms with Gasteiger partial charge in [0, 0.05) is 6.42 Å². The van der Waals surface area contributed by atoms with Crippen molar-refractivity contribution < 1.29 is 4.79 Å². The largest absolute Gasteiger partial charge is 0.303 e. The molecule has 1 fully saturated rings. The van der Waals surface area contributed by atoms with Crippen molar-refractivity contribution in [1.29, 1.82) is 0 Å². The second-order valence-electron chi connectivity index (χ2n) is 5.39. The molecule has 0 amide bonds. The van der Waals surface area contributed by atoms with Crippen LogP contribution in [0.15, 0.2) is 0 Å². The number of carbonyl (C=O) groups is 1. The third-order valence-electron chi connectivity index (χ3n) is 3.63. The van der Waals surface area contributed by atoms with Crippen LogP contribution in [0, 0.1) is 5.92 Å². The van der Waals surface area contributed by atoms with Gasteiger partial charge in [0.1, 0.15) is 5.78 Å². The maximum absolute atomic E-state index is 10.7. The van der Waals surface area contributed by atoms with E-state index in [9.17, 15) is 4.79 Å². The Kier molecular flexibility index (Phi) is 6.70. The number of unbranched alkanes of at least 4 members (excludes halogenated alkanes) is 3. The van der Waals surface area contributed by atoms with Crippen LogP contribution in [-0.4, -0.2) is 30.3 Å².